The molecule has 17 nitrogen and oxygen atoms in total. The number of aryl methyl sites for hydroxylation is 1. The zero-order chi connectivity index (χ0) is 22.8. The first kappa shape index (κ1) is 22.9. The van der Waals surface area contributed by atoms with Crippen molar-refractivity contribution in [3.63, 3.8) is 0 Å². The number of anilines is 1. The normalized spacial score (nSPS) is 41.1. The maximum atomic E-state index is 12.3. The van der Waals surface area contributed by atoms with Gasteiger partial charge in [-0.3, -0.25) is 9.09 Å². The molecule has 0 aliphatic carbocycles. The van der Waals surface area contributed by atoms with Crippen molar-refractivity contribution < 1.29 is 55.9 Å². The van der Waals surface area contributed by atoms with E-state index in [9.17, 15) is 33.7 Å². The lowest BCUT2D eigenvalue weighted by Crippen LogP contribution is -2.34. The highest BCUT2D eigenvalue weighted by Gasteiger charge is 2.55. The summed E-state index contributed by atoms with van der Waals surface area (Å²) in [6, 6.07) is 0. The Morgan fingerprint density at radius 3 is 2.42 bits per heavy atom. The Kier molecular flexibility index (Phi) is 5.62. The van der Waals surface area contributed by atoms with Gasteiger partial charge in [0, 0.05) is 0 Å². The van der Waals surface area contributed by atoms with Crippen LogP contribution in [0.3, 0.4) is 0 Å². The van der Waals surface area contributed by atoms with E-state index in [0.717, 1.165) is 0 Å². The standard InChI is InChI=1S/C11H16N5O12P3/c1-4-15-6-9(12)13-3-14-10(6)16(4)11-8(18)7(17)5(25-11)2-24-31(23)27-29(19,20)26-30(21,22)28-31/h3,5,7-8,11,17-18H,2H2,1H3,(H,19,20)(H,21,22)(H2,12,13,14)/t5-,7?,8?,11-/m1/s1. The van der Waals surface area contributed by atoms with Crippen LogP contribution in [0.1, 0.15) is 12.1 Å². The highest BCUT2D eigenvalue weighted by atomic mass is 31.3. The van der Waals surface area contributed by atoms with Gasteiger partial charge in [-0.2, -0.15) is 12.9 Å². The Hall–Kier alpha value is -1.32. The molecule has 172 valence electrons. The molecule has 2 fully saturated rings. The fourth-order valence-corrected chi connectivity index (χ4v) is 7.99. The highest BCUT2D eigenvalue weighted by Crippen LogP contribution is 2.80. The van der Waals surface area contributed by atoms with Gasteiger partial charge in [0.15, 0.2) is 23.2 Å². The van der Waals surface area contributed by atoms with Crippen LogP contribution >= 0.6 is 23.5 Å². The van der Waals surface area contributed by atoms with E-state index in [-0.39, 0.29) is 17.0 Å². The first-order valence-corrected chi connectivity index (χ1v) is 12.8. The second kappa shape index (κ2) is 7.63. The molecule has 4 unspecified atom stereocenters. The van der Waals surface area contributed by atoms with Gasteiger partial charge in [-0.15, -0.1) is 0 Å². The second-order valence-corrected chi connectivity index (χ2v) is 11.4. The van der Waals surface area contributed by atoms with Gasteiger partial charge in [0.05, 0.1) is 6.61 Å². The summed E-state index contributed by atoms with van der Waals surface area (Å²) in [4.78, 5) is 30.5. The van der Waals surface area contributed by atoms with Crippen molar-refractivity contribution in [3.8, 4) is 0 Å². The summed E-state index contributed by atoms with van der Waals surface area (Å²) in [5.41, 5.74) is 6.19. The first-order chi connectivity index (χ1) is 14.3. The first-order valence-electron chi connectivity index (χ1n) is 8.32. The number of imidazole rings is 1. The van der Waals surface area contributed by atoms with Crippen LogP contribution < -0.4 is 5.73 Å². The quantitative estimate of drug-likeness (QED) is 0.337. The zero-order valence-electron chi connectivity index (χ0n) is 15.4. The average molecular weight is 503 g/mol. The van der Waals surface area contributed by atoms with Gasteiger partial charge in [-0.25, -0.2) is 28.6 Å². The number of rotatable bonds is 4. The maximum Gasteiger partial charge on any atom is 0.492 e. The van der Waals surface area contributed by atoms with Crippen molar-refractivity contribution in [3.05, 3.63) is 12.2 Å². The molecule has 4 rings (SSSR count). The van der Waals surface area contributed by atoms with Crippen LogP contribution in [0.2, 0.25) is 0 Å². The molecular weight excluding hydrogens is 487 g/mol. The van der Waals surface area contributed by atoms with Crippen LogP contribution in [0.15, 0.2) is 6.33 Å². The van der Waals surface area contributed by atoms with Crippen LogP contribution in [0.25, 0.3) is 11.2 Å². The van der Waals surface area contributed by atoms with Gasteiger partial charge in [0.25, 0.3) is 0 Å². The van der Waals surface area contributed by atoms with Gasteiger partial charge >= 0.3 is 23.5 Å². The number of nitrogens with two attached hydrogens (primary N) is 1. The minimum Gasteiger partial charge on any atom is -0.387 e. The molecule has 2 saturated heterocycles. The third kappa shape index (κ3) is 4.33. The average Bonchev–Trinajstić information content (AvgIpc) is 3.08. The van der Waals surface area contributed by atoms with Crippen LogP contribution in [-0.4, -0.2) is 64.4 Å². The molecule has 0 amide bonds. The minimum absolute atomic E-state index is 0.0774. The molecule has 2 aliphatic rings. The third-order valence-electron chi connectivity index (χ3n) is 4.28. The van der Waals surface area contributed by atoms with E-state index in [1.807, 2.05) is 0 Å². The molecular formula is C11H16N5O12P3. The van der Waals surface area contributed by atoms with Crippen LogP contribution in [-0.2, 0) is 35.9 Å². The number of nitrogens with zero attached hydrogens (tertiary/aromatic N) is 4. The smallest absolute Gasteiger partial charge is 0.387 e. The molecule has 2 aromatic rings. The molecule has 0 radical (unpaired) electrons. The fourth-order valence-electron chi connectivity index (χ4n) is 3.06. The van der Waals surface area contributed by atoms with Gasteiger partial charge < -0.3 is 30.5 Å². The Labute approximate surface area is 172 Å². The summed E-state index contributed by atoms with van der Waals surface area (Å²) in [5.74, 6) is 0.389. The number of aromatic nitrogens is 4. The van der Waals surface area contributed by atoms with Crippen molar-refractivity contribution in [2.45, 2.75) is 31.5 Å². The van der Waals surface area contributed by atoms with Crippen LogP contribution in [0, 0.1) is 6.92 Å². The molecule has 31 heavy (non-hydrogen) atoms. The number of hydrogen-bond donors (Lipinski definition) is 5. The van der Waals surface area contributed by atoms with E-state index in [4.69, 9.17) is 15.0 Å². The van der Waals surface area contributed by atoms with E-state index >= 15 is 0 Å². The van der Waals surface area contributed by atoms with E-state index in [2.05, 4.69) is 27.9 Å². The molecule has 0 saturated carbocycles. The van der Waals surface area contributed by atoms with E-state index < -0.39 is 54.6 Å². The maximum absolute atomic E-state index is 12.3. The predicted molar refractivity (Wildman–Crippen MR) is 96.9 cm³/mol. The Balaban J connectivity index is 1.55. The Morgan fingerprint density at radius 1 is 1.13 bits per heavy atom. The van der Waals surface area contributed by atoms with Crippen molar-refractivity contribution in [2.75, 3.05) is 12.3 Å². The molecule has 6 atom stereocenters. The van der Waals surface area contributed by atoms with Crippen molar-refractivity contribution in [1.29, 1.82) is 0 Å². The van der Waals surface area contributed by atoms with Crippen LogP contribution in [0.5, 0.6) is 0 Å². The lowest BCUT2D eigenvalue weighted by molar-refractivity contribution is -0.0515. The topological polar surface area (TPSA) is 248 Å². The lowest BCUT2D eigenvalue weighted by Gasteiger charge is -2.27. The number of aliphatic hydroxyl groups is 2. The van der Waals surface area contributed by atoms with E-state index in [1.54, 1.807) is 6.92 Å². The fraction of sp³-hybridized carbons (Fsp3) is 0.545. The van der Waals surface area contributed by atoms with Crippen LogP contribution in [0.4, 0.5) is 5.82 Å². The second-order valence-electron chi connectivity index (χ2n) is 6.43. The summed E-state index contributed by atoms with van der Waals surface area (Å²) in [6.45, 7) is 0.724. The largest absolute Gasteiger partial charge is 0.492 e. The highest BCUT2D eigenvalue weighted by molar-refractivity contribution is 7.74. The van der Waals surface area contributed by atoms with Gasteiger partial charge in [0.2, 0.25) is 0 Å². The SMILES string of the molecule is Cc1nc2c(N)ncnc2n1[C@@H]1O[C@H](COP2(=O)OP(=O)(O)OP(=O)(O)O2)C(O)C1O. The summed E-state index contributed by atoms with van der Waals surface area (Å²) >= 11 is 0. The number of fused-ring (bicyclic) bond motifs is 1. The van der Waals surface area contributed by atoms with Gasteiger partial charge in [0.1, 0.15) is 30.5 Å². The summed E-state index contributed by atoms with van der Waals surface area (Å²) < 4.78 is 59.0. The molecule has 4 heterocycles. The van der Waals surface area contributed by atoms with Crippen molar-refractivity contribution in [1.82, 2.24) is 19.5 Å². The number of ether oxygens (including phenoxy) is 1. The molecule has 0 aromatic carbocycles. The number of aliphatic hydroxyl groups excluding tert-OH is 2. The number of hydrogen-bond acceptors (Lipinski definition) is 14. The zero-order valence-corrected chi connectivity index (χ0v) is 18.0. The summed E-state index contributed by atoms with van der Waals surface area (Å²) in [6.07, 6.45) is -4.62. The monoisotopic (exact) mass is 503 g/mol. The molecule has 2 aromatic heterocycles. The molecule has 0 spiro atoms. The summed E-state index contributed by atoms with van der Waals surface area (Å²) in [7, 11) is -15.5. The van der Waals surface area contributed by atoms with Crippen molar-refractivity contribution in [2.24, 2.45) is 0 Å². The predicted octanol–water partition coefficient (Wildman–Crippen LogP) is -0.275. The lowest BCUT2D eigenvalue weighted by atomic mass is 10.1. The molecule has 6 N–H and O–H groups in total. The summed E-state index contributed by atoms with van der Waals surface area (Å²) in [5, 5.41) is 20.8. The van der Waals surface area contributed by atoms with E-state index in [0.29, 0.717) is 5.82 Å². The van der Waals surface area contributed by atoms with Crippen molar-refractivity contribution >= 4 is 40.4 Å². The van der Waals surface area contributed by atoms with E-state index in [1.165, 1.54) is 10.9 Å². The van der Waals surface area contributed by atoms with Gasteiger partial charge in [-0.05, 0) is 6.92 Å². The van der Waals surface area contributed by atoms with Gasteiger partial charge in [-0.1, -0.05) is 0 Å². The third-order valence-corrected chi connectivity index (χ3v) is 9.65. The number of nitrogen functional groups attached to an aromatic ring is 1. The Bertz CT molecular complexity index is 1140. The minimum atomic E-state index is -5.23. The molecule has 0 bridgehead atoms. The number of phosphoric acid groups is 3. The molecule has 20 heteroatoms. The Morgan fingerprint density at radius 2 is 1.77 bits per heavy atom. The molecule has 2 aliphatic heterocycles.